The molecule has 0 amide bonds. The highest BCUT2D eigenvalue weighted by Crippen LogP contribution is 2.39. The summed E-state index contributed by atoms with van der Waals surface area (Å²) in [4.78, 5) is 12.3. The van der Waals surface area contributed by atoms with Crippen molar-refractivity contribution < 1.29 is 19.0 Å². The second-order valence-corrected chi connectivity index (χ2v) is 5.48. The van der Waals surface area contributed by atoms with Gasteiger partial charge in [-0.25, -0.2) is 0 Å². The standard InChI is InChI=1S/C17H24O4/c1-19-13-9-7-12(8-10-13)14-5-4-6-16(18)15(14)11-17(20-2)21-3/h7-10,14-15,17H,4-6,11H2,1-3H3. The number of ether oxygens (including phenoxy) is 3. The van der Waals surface area contributed by atoms with Gasteiger partial charge in [-0.3, -0.25) is 4.79 Å². The summed E-state index contributed by atoms with van der Waals surface area (Å²) in [5.41, 5.74) is 1.19. The molecule has 21 heavy (non-hydrogen) atoms. The maximum Gasteiger partial charge on any atom is 0.157 e. The van der Waals surface area contributed by atoms with E-state index in [9.17, 15) is 4.79 Å². The van der Waals surface area contributed by atoms with Crippen molar-refractivity contribution in [3.8, 4) is 5.75 Å². The normalized spacial score (nSPS) is 22.6. The van der Waals surface area contributed by atoms with Gasteiger partial charge >= 0.3 is 0 Å². The SMILES string of the molecule is COc1ccc(C2CCCC(=O)C2CC(OC)OC)cc1. The van der Waals surface area contributed by atoms with Crippen LogP contribution in [0.15, 0.2) is 24.3 Å². The number of rotatable bonds is 6. The van der Waals surface area contributed by atoms with Gasteiger partial charge in [-0.2, -0.15) is 0 Å². The fourth-order valence-corrected chi connectivity index (χ4v) is 3.15. The fourth-order valence-electron chi connectivity index (χ4n) is 3.15. The van der Waals surface area contributed by atoms with Crippen LogP contribution in [0.25, 0.3) is 0 Å². The van der Waals surface area contributed by atoms with Gasteiger partial charge in [0.25, 0.3) is 0 Å². The van der Waals surface area contributed by atoms with E-state index in [4.69, 9.17) is 14.2 Å². The third-order valence-electron chi connectivity index (χ3n) is 4.35. The molecule has 0 spiro atoms. The van der Waals surface area contributed by atoms with Crippen molar-refractivity contribution in [1.82, 2.24) is 0 Å². The number of carbonyl (C=O) groups excluding carboxylic acids is 1. The van der Waals surface area contributed by atoms with Crippen molar-refractivity contribution in [3.05, 3.63) is 29.8 Å². The molecule has 2 rings (SSSR count). The number of methoxy groups -OCH3 is 3. The third-order valence-corrected chi connectivity index (χ3v) is 4.35. The van der Waals surface area contributed by atoms with Crippen LogP contribution < -0.4 is 4.74 Å². The van der Waals surface area contributed by atoms with E-state index < -0.39 is 0 Å². The molecule has 2 unspecified atom stereocenters. The van der Waals surface area contributed by atoms with Gasteiger partial charge in [-0.1, -0.05) is 12.1 Å². The lowest BCUT2D eigenvalue weighted by molar-refractivity contribution is -0.138. The largest absolute Gasteiger partial charge is 0.497 e. The van der Waals surface area contributed by atoms with Gasteiger partial charge in [-0.15, -0.1) is 0 Å². The quantitative estimate of drug-likeness (QED) is 0.756. The summed E-state index contributed by atoms with van der Waals surface area (Å²) in [7, 11) is 4.89. The van der Waals surface area contributed by atoms with Crippen LogP contribution in [0.1, 0.15) is 37.2 Å². The van der Waals surface area contributed by atoms with Gasteiger partial charge in [-0.05, 0) is 36.5 Å². The molecule has 0 heterocycles. The van der Waals surface area contributed by atoms with Gasteiger partial charge in [0.15, 0.2) is 6.29 Å². The number of Topliss-reactive ketones (excluding diaryl/α,β-unsaturated/α-hetero) is 1. The average molecular weight is 292 g/mol. The van der Waals surface area contributed by atoms with Crippen LogP contribution in [0, 0.1) is 5.92 Å². The Morgan fingerprint density at radius 2 is 1.81 bits per heavy atom. The van der Waals surface area contributed by atoms with Crippen LogP contribution in [-0.4, -0.2) is 33.4 Å². The van der Waals surface area contributed by atoms with Crippen LogP contribution >= 0.6 is 0 Å². The van der Waals surface area contributed by atoms with Crippen LogP contribution in [-0.2, 0) is 14.3 Å². The Labute approximate surface area is 126 Å². The predicted molar refractivity (Wildman–Crippen MR) is 80.5 cm³/mol. The molecule has 1 saturated carbocycles. The molecule has 1 aromatic carbocycles. The molecule has 1 aliphatic carbocycles. The average Bonchev–Trinajstić information content (AvgIpc) is 2.54. The van der Waals surface area contributed by atoms with Gasteiger partial charge in [0.05, 0.1) is 7.11 Å². The lowest BCUT2D eigenvalue weighted by Gasteiger charge is -2.32. The first-order chi connectivity index (χ1) is 10.2. The smallest absolute Gasteiger partial charge is 0.157 e. The van der Waals surface area contributed by atoms with Gasteiger partial charge in [0.1, 0.15) is 11.5 Å². The van der Waals surface area contributed by atoms with Crippen molar-refractivity contribution in [2.75, 3.05) is 21.3 Å². The van der Waals surface area contributed by atoms with E-state index in [1.54, 1.807) is 21.3 Å². The zero-order valence-electron chi connectivity index (χ0n) is 13.0. The summed E-state index contributed by atoms with van der Waals surface area (Å²) in [6, 6.07) is 8.03. The van der Waals surface area contributed by atoms with Crippen LogP contribution in [0.3, 0.4) is 0 Å². The highest BCUT2D eigenvalue weighted by molar-refractivity contribution is 5.82. The molecule has 4 nitrogen and oxygen atoms in total. The minimum atomic E-state index is -0.321. The first-order valence-corrected chi connectivity index (χ1v) is 7.41. The van der Waals surface area contributed by atoms with Crippen molar-refractivity contribution in [2.45, 2.75) is 37.9 Å². The summed E-state index contributed by atoms with van der Waals surface area (Å²) < 4.78 is 15.8. The maximum atomic E-state index is 12.3. The van der Waals surface area contributed by atoms with E-state index >= 15 is 0 Å². The Kier molecular flexibility index (Phi) is 5.76. The minimum absolute atomic E-state index is 0.0305. The number of hydrogen-bond donors (Lipinski definition) is 0. The van der Waals surface area contributed by atoms with E-state index in [0.717, 1.165) is 18.6 Å². The third kappa shape index (κ3) is 3.83. The highest BCUT2D eigenvalue weighted by Gasteiger charge is 2.34. The Morgan fingerprint density at radius 3 is 2.38 bits per heavy atom. The molecule has 1 fully saturated rings. The summed E-state index contributed by atoms with van der Waals surface area (Å²) in [6.07, 6.45) is 2.94. The predicted octanol–water partition coefficient (Wildman–Crippen LogP) is 3.16. The van der Waals surface area contributed by atoms with Gasteiger partial charge in [0.2, 0.25) is 0 Å². The molecule has 1 aliphatic rings. The molecule has 0 saturated heterocycles. The number of carbonyl (C=O) groups is 1. The Hall–Kier alpha value is -1.39. The second kappa shape index (κ2) is 7.57. The lowest BCUT2D eigenvalue weighted by atomic mass is 9.73. The van der Waals surface area contributed by atoms with E-state index in [0.29, 0.717) is 18.6 Å². The molecular weight excluding hydrogens is 268 g/mol. The monoisotopic (exact) mass is 292 g/mol. The highest BCUT2D eigenvalue weighted by atomic mass is 16.7. The van der Waals surface area contributed by atoms with Crippen molar-refractivity contribution in [3.63, 3.8) is 0 Å². The zero-order valence-corrected chi connectivity index (χ0v) is 13.0. The molecule has 0 N–H and O–H groups in total. The minimum Gasteiger partial charge on any atom is -0.497 e. The molecule has 0 bridgehead atoms. The van der Waals surface area contributed by atoms with E-state index in [-0.39, 0.29) is 18.1 Å². The number of benzene rings is 1. The van der Waals surface area contributed by atoms with Gasteiger partial charge in [0, 0.05) is 33.0 Å². The molecule has 0 aliphatic heterocycles. The van der Waals surface area contributed by atoms with Crippen molar-refractivity contribution in [1.29, 1.82) is 0 Å². The molecule has 4 heteroatoms. The zero-order chi connectivity index (χ0) is 15.2. The topological polar surface area (TPSA) is 44.8 Å². The van der Waals surface area contributed by atoms with Crippen LogP contribution in [0.4, 0.5) is 0 Å². The second-order valence-electron chi connectivity index (χ2n) is 5.48. The van der Waals surface area contributed by atoms with Crippen LogP contribution in [0.5, 0.6) is 5.75 Å². The first kappa shape index (κ1) is 16.0. The fraction of sp³-hybridized carbons (Fsp3) is 0.588. The maximum absolute atomic E-state index is 12.3. The van der Waals surface area contributed by atoms with E-state index in [1.807, 2.05) is 12.1 Å². The Balaban J connectivity index is 2.18. The summed E-state index contributed by atoms with van der Waals surface area (Å²) in [5, 5.41) is 0. The van der Waals surface area contributed by atoms with Gasteiger partial charge < -0.3 is 14.2 Å². The van der Waals surface area contributed by atoms with Crippen molar-refractivity contribution >= 4 is 5.78 Å². The molecule has 0 radical (unpaired) electrons. The molecule has 116 valence electrons. The Bertz CT molecular complexity index is 450. The summed E-state index contributed by atoms with van der Waals surface area (Å²) >= 11 is 0. The summed E-state index contributed by atoms with van der Waals surface area (Å²) in [6.45, 7) is 0. The Morgan fingerprint density at radius 1 is 1.14 bits per heavy atom. The lowest BCUT2D eigenvalue weighted by Crippen LogP contribution is -2.31. The molecule has 0 aromatic heterocycles. The van der Waals surface area contributed by atoms with E-state index in [1.165, 1.54) is 5.56 Å². The van der Waals surface area contributed by atoms with Crippen LogP contribution in [0.2, 0.25) is 0 Å². The number of ketones is 1. The molecule has 2 atom stereocenters. The molecular formula is C17H24O4. The molecule has 1 aromatic rings. The first-order valence-electron chi connectivity index (χ1n) is 7.41. The number of hydrogen-bond acceptors (Lipinski definition) is 4. The van der Waals surface area contributed by atoms with E-state index in [2.05, 4.69) is 12.1 Å². The summed E-state index contributed by atoms with van der Waals surface area (Å²) in [5.74, 6) is 1.37. The van der Waals surface area contributed by atoms with Crippen molar-refractivity contribution in [2.24, 2.45) is 5.92 Å².